The average molecular weight is 281 g/mol. The van der Waals surface area contributed by atoms with Crippen molar-refractivity contribution >= 4 is 5.82 Å². The number of nitrogens with two attached hydrogens (primary N) is 1. The molecule has 6 heteroatoms. The summed E-state index contributed by atoms with van der Waals surface area (Å²) in [4.78, 5) is 4.45. The van der Waals surface area contributed by atoms with E-state index in [0.717, 1.165) is 12.1 Å². The lowest BCUT2D eigenvalue weighted by molar-refractivity contribution is 0.377. The van der Waals surface area contributed by atoms with Crippen LogP contribution in [-0.2, 0) is 0 Å². The van der Waals surface area contributed by atoms with Gasteiger partial charge >= 0.3 is 0 Å². The molecule has 2 aromatic heterocycles. The highest BCUT2D eigenvalue weighted by molar-refractivity contribution is 5.69. The number of rotatable bonds is 3. The van der Waals surface area contributed by atoms with E-state index in [2.05, 4.69) is 22.2 Å². The Morgan fingerprint density at radius 3 is 2.76 bits per heavy atom. The van der Waals surface area contributed by atoms with E-state index in [4.69, 9.17) is 10.3 Å². The van der Waals surface area contributed by atoms with Crippen molar-refractivity contribution in [2.45, 2.75) is 19.3 Å². The minimum atomic E-state index is 0.400. The third-order valence-electron chi connectivity index (χ3n) is 3.92. The van der Waals surface area contributed by atoms with Crippen molar-refractivity contribution in [3.8, 4) is 17.1 Å². The predicted molar refractivity (Wildman–Crippen MR) is 77.8 cm³/mol. The van der Waals surface area contributed by atoms with Gasteiger partial charge in [-0.1, -0.05) is 30.3 Å². The molecule has 2 heterocycles. The Hall–Kier alpha value is -2.63. The maximum atomic E-state index is 6.17. The van der Waals surface area contributed by atoms with Crippen LogP contribution >= 0.6 is 0 Å². The van der Waals surface area contributed by atoms with Crippen molar-refractivity contribution < 1.29 is 4.52 Å². The molecule has 0 radical (unpaired) electrons. The molecule has 1 saturated carbocycles. The number of benzene rings is 1. The summed E-state index contributed by atoms with van der Waals surface area (Å²) < 4.78 is 7.00. The van der Waals surface area contributed by atoms with Crippen LogP contribution in [0.1, 0.15) is 25.2 Å². The first-order valence-electron chi connectivity index (χ1n) is 6.97. The molecule has 2 N–H and O–H groups in total. The molecular formula is C15H15N5O. The molecule has 6 nitrogen and oxygen atoms in total. The van der Waals surface area contributed by atoms with Crippen LogP contribution in [0.5, 0.6) is 0 Å². The highest BCUT2D eigenvalue weighted by Crippen LogP contribution is 2.46. The molecule has 0 bridgehead atoms. The van der Waals surface area contributed by atoms with E-state index in [9.17, 15) is 0 Å². The van der Waals surface area contributed by atoms with E-state index in [1.807, 2.05) is 30.3 Å². The maximum Gasteiger partial charge on any atom is 0.230 e. The van der Waals surface area contributed by atoms with Crippen molar-refractivity contribution in [2.75, 3.05) is 5.73 Å². The lowest BCUT2D eigenvalue weighted by Gasteiger charge is -2.03. The van der Waals surface area contributed by atoms with Crippen LogP contribution in [0.2, 0.25) is 0 Å². The number of para-hydroxylation sites is 1. The smallest absolute Gasteiger partial charge is 0.230 e. The van der Waals surface area contributed by atoms with Gasteiger partial charge in [0.1, 0.15) is 5.82 Å². The fraction of sp³-hybridized carbons (Fsp3) is 0.267. The predicted octanol–water partition coefficient (Wildman–Crippen LogP) is 2.63. The summed E-state index contributed by atoms with van der Waals surface area (Å²) in [6, 6.07) is 9.72. The zero-order chi connectivity index (χ0) is 14.4. The summed E-state index contributed by atoms with van der Waals surface area (Å²) in [6.45, 7) is 2.18. The summed E-state index contributed by atoms with van der Waals surface area (Å²) in [5, 5.41) is 8.35. The van der Waals surface area contributed by atoms with Crippen LogP contribution in [0, 0.1) is 5.92 Å². The summed E-state index contributed by atoms with van der Waals surface area (Å²) in [7, 11) is 0. The number of anilines is 1. The van der Waals surface area contributed by atoms with Crippen LogP contribution < -0.4 is 5.73 Å². The number of hydrogen-bond donors (Lipinski definition) is 1. The lowest BCUT2D eigenvalue weighted by Crippen LogP contribution is -2.02. The standard InChI is InChI=1S/C15H15N5O/c1-9-7-11(9)15-18-14(19-21-15)12-8-17-20(13(12)16)10-5-3-2-4-6-10/h2-6,8-9,11H,7,16H2,1H3. The zero-order valence-corrected chi connectivity index (χ0v) is 11.6. The normalized spacial score (nSPS) is 20.6. The molecule has 0 aliphatic heterocycles. The topological polar surface area (TPSA) is 82.8 Å². The molecule has 1 fully saturated rings. The van der Waals surface area contributed by atoms with Gasteiger partial charge in [0.15, 0.2) is 0 Å². The van der Waals surface area contributed by atoms with E-state index in [0.29, 0.717) is 34.9 Å². The number of nitrogens with zero attached hydrogens (tertiary/aromatic N) is 4. The van der Waals surface area contributed by atoms with Crippen molar-refractivity contribution in [3.05, 3.63) is 42.4 Å². The van der Waals surface area contributed by atoms with Gasteiger partial charge < -0.3 is 10.3 Å². The lowest BCUT2D eigenvalue weighted by atomic mass is 10.3. The maximum absolute atomic E-state index is 6.17. The molecule has 106 valence electrons. The van der Waals surface area contributed by atoms with Gasteiger partial charge in [-0.25, -0.2) is 4.68 Å². The Balaban J connectivity index is 1.70. The summed E-state index contributed by atoms with van der Waals surface area (Å²) in [6.07, 6.45) is 2.79. The second kappa shape index (κ2) is 4.44. The first-order valence-corrected chi connectivity index (χ1v) is 6.97. The monoisotopic (exact) mass is 281 g/mol. The highest BCUT2D eigenvalue weighted by atomic mass is 16.5. The SMILES string of the molecule is CC1CC1c1nc(-c2cnn(-c3ccccc3)c2N)no1. The molecule has 1 aliphatic carbocycles. The van der Waals surface area contributed by atoms with Gasteiger partial charge in [-0.05, 0) is 24.5 Å². The first kappa shape index (κ1) is 12.1. The van der Waals surface area contributed by atoms with Crippen LogP contribution in [0.4, 0.5) is 5.82 Å². The summed E-state index contributed by atoms with van der Waals surface area (Å²) in [5.74, 6) is 2.74. The Labute approximate surface area is 121 Å². The molecule has 0 spiro atoms. The van der Waals surface area contributed by atoms with Gasteiger partial charge in [-0.3, -0.25) is 0 Å². The number of hydrogen-bond acceptors (Lipinski definition) is 5. The summed E-state index contributed by atoms with van der Waals surface area (Å²) >= 11 is 0. The second-order valence-electron chi connectivity index (χ2n) is 5.47. The van der Waals surface area contributed by atoms with Crippen LogP contribution in [-0.4, -0.2) is 19.9 Å². The molecule has 4 rings (SSSR count). The van der Waals surface area contributed by atoms with Crippen LogP contribution in [0.25, 0.3) is 17.1 Å². The zero-order valence-electron chi connectivity index (χ0n) is 11.6. The molecule has 2 atom stereocenters. The van der Waals surface area contributed by atoms with E-state index >= 15 is 0 Å². The molecule has 3 aromatic rings. The van der Waals surface area contributed by atoms with Gasteiger partial charge in [0.2, 0.25) is 11.7 Å². The van der Waals surface area contributed by atoms with Gasteiger partial charge in [0.25, 0.3) is 0 Å². The van der Waals surface area contributed by atoms with Crippen LogP contribution in [0.3, 0.4) is 0 Å². The summed E-state index contributed by atoms with van der Waals surface area (Å²) in [5.41, 5.74) is 7.77. The van der Waals surface area contributed by atoms with Crippen molar-refractivity contribution in [2.24, 2.45) is 5.92 Å². The van der Waals surface area contributed by atoms with Gasteiger partial charge in [0, 0.05) is 5.92 Å². The molecule has 21 heavy (non-hydrogen) atoms. The van der Waals surface area contributed by atoms with Crippen LogP contribution in [0.15, 0.2) is 41.1 Å². The Morgan fingerprint density at radius 1 is 1.29 bits per heavy atom. The second-order valence-corrected chi connectivity index (χ2v) is 5.47. The van der Waals surface area contributed by atoms with Crippen molar-refractivity contribution in [1.29, 1.82) is 0 Å². The largest absolute Gasteiger partial charge is 0.383 e. The third kappa shape index (κ3) is 1.99. The first-order chi connectivity index (χ1) is 10.2. The van der Waals surface area contributed by atoms with E-state index in [1.54, 1.807) is 10.9 Å². The Kier molecular flexibility index (Phi) is 2.57. The highest BCUT2D eigenvalue weighted by Gasteiger charge is 2.39. The van der Waals surface area contributed by atoms with Crippen molar-refractivity contribution in [3.63, 3.8) is 0 Å². The minimum absolute atomic E-state index is 0.400. The molecule has 1 aliphatic rings. The van der Waals surface area contributed by atoms with Gasteiger partial charge in [-0.15, -0.1) is 0 Å². The quantitative estimate of drug-likeness (QED) is 0.798. The third-order valence-corrected chi connectivity index (χ3v) is 3.92. The number of aromatic nitrogens is 4. The fourth-order valence-electron chi connectivity index (χ4n) is 2.47. The fourth-order valence-corrected chi connectivity index (χ4v) is 2.47. The van der Waals surface area contributed by atoms with E-state index in [1.165, 1.54) is 0 Å². The van der Waals surface area contributed by atoms with Gasteiger partial charge in [0.05, 0.1) is 17.4 Å². The Morgan fingerprint density at radius 2 is 2.05 bits per heavy atom. The molecule has 2 unspecified atom stereocenters. The Bertz CT molecular complexity index is 776. The molecule has 1 aromatic carbocycles. The minimum Gasteiger partial charge on any atom is -0.383 e. The van der Waals surface area contributed by atoms with Crippen molar-refractivity contribution in [1.82, 2.24) is 19.9 Å². The van der Waals surface area contributed by atoms with E-state index in [-0.39, 0.29) is 0 Å². The average Bonchev–Trinajstić information content (AvgIpc) is 2.91. The molecule has 0 amide bonds. The molecular weight excluding hydrogens is 266 g/mol. The number of nitrogen functional groups attached to an aromatic ring is 1. The van der Waals surface area contributed by atoms with Gasteiger partial charge in [-0.2, -0.15) is 10.1 Å². The molecule has 0 saturated heterocycles. The van der Waals surface area contributed by atoms with E-state index < -0.39 is 0 Å².